The van der Waals surface area contributed by atoms with Crippen LogP contribution in [-0.2, 0) is 26.1 Å². The second-order valence-electron chi connectivity index (χ2n) is 13.6. The van der Waals surface area contributed by atoms with Gasteiger partial charge in [0.1, 0.15) is 46.3 Å². The smallest absolute Gasteiger partial charge is 0.326 e. The molecule has 4 aliphatic heterocycles. The van der Waals surface area contributed by atoms with Crippen LogP contribution in [0, 0.1) is 11.8 Å². The Hall–Kier alpha value is -5.23. The zero-order valence-electron chi connectivity index (χ0n) is 28.3. The van der Waals surface area contributed by atoms with Crippen molar-refractivity contribution in [2.75, 3.05) is 49.3 Å². The number of carboxylic acid groups (broad SMARTS) is 1. The second-order valence-corrected chi connectivity index (χ2v) is 13.6. The van der Waals surface area contributed by atoms with Crippen LogP contribution < -0.4 is 14.5 Å². The van der Waals surface area contributed by atoms with Crippen LogP contribution >= 0.6 is 0 Å². The molecule has 14 heteroatoms. The number of rotatable bonds is 6. The first-order valence-electron chi connectivity index (χ1n) is 17.3. The van der Waals surface area contributed by atoms with Crippen LogP contribution in [0.1, 0.15) is 49.4 Å². The minimum atomic E-state index is -0.982. The third kappa shape index (κ3) is 5.61. The maximum Gasteiger partial charge on any atom is 0.326 e. The Balaban J connectivity index is 1.08. The highest BCUT2D eigenvalue weighted by Crippen LogP contribution is 2.41. The monoisotopic (exact) mass is 691 g/mol. The minimum absolute atomic E-state index is 0.0337. The molecule has 4 saturated heterocycles. The maximum atomic E-state index is 12.9. The Morgan fingerprint density at radius 2 is 2.00 bits per heavy atom. The van der Waals surface area contributed by atoms with E-state index in [9.17, 15) is 9.90 Å². The van der Waals surface area contributed by atoms with Crippen molar-refractivity contribution in [3.05, 3.63) is 65.9 Å². The van der Waals surface area contributed by atoms with Crippen molar-refractivity contribution in [1.29, 1.82) is 0 Å². The number of anilines is 2. The van der Waals surface area contributed by atoms with E-state index >= 15 is 0 Å². The normalized spacial score (nSPS) is 24.2. The molecule has 0 saturated carbocycles. The number of aromatic nitrogens is 5. The average Bonchev–Trinajstić information content (AvgIpc) is 3.94. The Morgan fingerprint density at radius 3 is 2.76 bits per heavy atom. The first-order valence-corrected chi connectivity index (χ1v) is 17.3. The molecule has 262 valence electrons. The van der Waals surface area contributed by atoms with Gasteiger partial charge in [-0.15, -0.1) is 0 Å². The summed E-state index contributed by atoms with van der Waals surface area (Å²) in [6.45, 7) is 5.14. The van der Waals surface area contributed by atoms with E-state index in [1.807, 2.05) is 49.6 Å². The number of fused-ring (bicyclic) bond motifs is 3. The third-order valence-electron chi connectivity index (χ3n) is 10.4. The molecule has 4 aromatic heterocycles. The quantitative estimate of drug-likeness (QED) is 0.257. The third-order valence-corrected chi connectivity index (χ3v) is 10.4. The van der Waals surface area contributed by atoms with E-state index in [2.05, 4.69) is 28.8 Å². The van der Waals surface area contributed by atoms with Crippen molar-refractivity contribution in [2.24, 2.45) is 7.05 Å². The van der Waals surface area contributed by atoms with E-state index < -0.39 is 23.7 Å². The molecule has 51 heavy (non-hydrogen) atoms. The van der Waals surface area contributed by atoms with Gasteiger partial charge in [-0.05, 0) is 50.0 Å². The fourth-order valence-electron chi connectivity index (χ4n) is 7.55. The molecule has 0 amide bonds. The lowest BCUT2D eigenvalue weighted by atomic mass is 9.90. The largest absolute Gasteiger partial charge is 0.480 e. The number of carbonyl (C=O) groups is 1. The van der Waals surface area contributed by atoms with Gasteiger partial charge in [0, 0.05) is 50.0 Å². The second kappa shape index (κ2) is 12.5. The number of benzene rings is 1. The summed E-state index contributed by atoms with van der Waals surface area (Å²) in [4.78, 5) is 31.5. The van der Waals surface area contributed by atoms with Crippen LogP contribution in [0.4, 0.5) is 11.5 Å². The molecule has 0 unspecified atom stereocenters. The summed E-state index contributed by atoms with van der Waals surface area (Å²) >= 11 is 0. The van der Waals surface area contributed by atoms with E-state index in [4.69, 9.17) is 38.3 Å². The number of para-hydroxylation sites is 1. The predicted octanol–water partition coefficient (Wildman–Crippen LogP) is 3.86. The molecular formula is C37H37N7O7. The van der Waals surface area contributed by atoms with Crippen molar-refractivity contribution < 1.29 is 33.3 Å². The van der Waals surface area contributed by atoms with Crippen LogP contribution in [0.5, 0.6) is 5.88 Å². The molecule has 1 aromatic carbocycles. The van der Waals surface area contributed by atoms with Crippen LogP contribution in [0.25, 0.3) is 22.1 Å². The van der Waals surface area contributed by atoms with Gasteiger partial charge in [0.05, 0.1) is 32.4 Å². The Kier molecular flexibility index (Phi) is 7.79. The summed E-state index contributed by atoms with van der Waals surface area (Å²) in [5.74, 6) is 6.68. The number of furan rings is 1. The van der Waals surface area contributed by atoms with Crippen LogP contribution in [0.2, 0.25) is 0 Å². The zero-order valence-corrected chi connectivity index (χ0v) is 28.3. The number of pyridine rings is 1. The number of aryl methyl sites for hydroxylation is 1. The SMILES string of the molecule is C[C@@H]1N(c2cc(C#Cc3ccn(C)n3)cnc2O[C@H]2C[C@@H](C(=O)O)N(c3nc([C@H]4CCCO4)nc4c3oc3ccccc34)C2)CCOC12COC2. The highest BCUT2D eigenvalue weighted by Gasteiger charge is 2.50. The highest BCUT2D eigenvalue weighted by molar-refractivity contribution is 6.06. The number of nitrogens with zero attached hydrogens (tertiary/aromatic N) is 7. The Morgan fingerprint density at radius 1 is 1.12 bits per heavy atom. The number of hydrogen-bond donors (Lipinski definition) is 1. The summed E-state index contributed by atoms with van der Waals surface area (Å²) in [6, 6.07) is 10.5. The zero-order chi connectivity index (χ0) is 34.7. The first-order chi connectivity index (χ1) is 24.8. The highest BCUT2D eigenvalue weighted by atomic mass is 16.6. The average molecular weight is 692 g/mol. The molecule has 1 N–H and O–H groups in total. The molecule has 0 aliphatic carbocycles. The van der Waals surface area contributed by atoms with Crippen molar-refractivity contribution in [3.8, 4) is 17.7 Å². The molecule has 0 radical (unpaired) electrons. The van der Waals surface area contributed by atoms with Crippen molar-refractivity contribution in [2.45, 2.75) is 56.1 Å². The fraction of sp³-hybridized carbons (Fsp3) is 0.432. The lowest BCUT2D eigenvalue weighted by molar-refractivity contribution is -0.228. The van der Waals surface area contributed by atoms with Crippen molar-refractivity contribution in [3.63, 3.8) is 0 Å². The van der Waals surface area contributed by atoms with Gasteiger partial charge < -0.3 is 38.3 Å². The molecule has 5 aromatic rings. The summed E-state index contributed by atoms with van der Waals surface area (Å²) in [5.41, 5.74) is 3.42. The number of morpholine rings is 1. The molecule has 14 nitrogen and oxygen atoms in total. The van der Waals surface area contributed by atoms with E-state index in [0.29, 0.717) is 78.4 Å². The minimum Gasteiger partial charge on any atom is -0.480 e. The number of hydrogen-bond acceptors (Lipinski definition) is 12. The molecule has 1 spiro atoms. The topological polar surface area (TPSA) is 150 Å². The summed E-state index contributed by atoms with van der Waals surface area (Å²) in [5, 5.41) is 15.7. The van der Waals surface area contributed by atoms with Gasteiger partial charge >= 0.3 is 5.97 Å². The van der Waals surface area contributed by atoms with Gasteiger partial charge in [-0.1, -0.05) is 18.1 Å². The van der Waals surface area contributed by atoms with E-state index in [-0.39, 0.29) is 25.1 Å². The maximum absolute atomic E-state index is 12.9. The van der Waals surface area contributed by atoms with Gasteiger partial charge in [-0.2, -0.15) is 5.10 Å². The van der Waals surface area contributed by atoms with Crippen LogP contribution in [0.15, 0.2) is 53.2 Å². The molecule has 4 fully saturated rings. The lowest BCUT2D eigenvalue weighted by Gasteiger charge is -2.53. The number of ether oxygens (including phenoxy) is 4. The molecule has 8 heterocycles. The fourth-order valence-corrected chi connectivity index (χ4v) is 7.55. The molecule has 4 aliphatic rings. The van der Waals surface area contributed by atoms with Gasteiger partial charge in [-0.25, -0.2) is 19.7 Å². The molecule has 9 rings (SSSR count). The summed E-state index contributed by atoms with van der Waals surface area (Å²) < 4.78 is 32.5. The van der Waals surface area contributed by atoms with E-state index in [0.717, 1.165) is 23.9 Å². The van der Waals surface area contributed by atoms with Gasteiger partial charge in [0.15, 0.2) is 17.2 Å². The van der Waals surface area contributed by atoms with Gasteiger partial charge in [-0.3, -0.25) is 4.68 Å². The van der Waals surface area contributed by atoms with Crippen molar-refractivity contribution in [1.82, 2.24) is 24.7 Å². The number of carboxylic acids is 1. The van der Waals surface area contributed by atoms with Gasteiger partial charge in [0.2, 0.25) is 5.88 Å². The van der Waals surface area contributed by atoms with Crippen LogP contribution in [-0.4, -0.2) is 99.1 Å². The Bertz CT molecular complexity index is 2200. The van der Waals surface area contributed by atoms with Crippen LogP contribution in [0.3, 0.4) is 0 Å². The lowest BCUT2D eigenvalue weighted by Crippen LogP contribution is -2.68. The predicted molar refractivity (Wildman–Crippen MR) is 185 cm³/mol. The van der Waals surface area contributed by atoms with E-state index in [1.165, 1.54) is 0 Å². The molecule has 4 atom stereocenters. The van der Waals surface area contributed by atoms with Gasteiger partial charge in [0.25, 0.3) is 0 Å². The standard InChI is InChI=1S/C37H37N7O7/c1-22-37(20-47-21-37)49-15-13-43(22)27-16-23(9-10-24-11-12-42(2)41-24)18-38-35(27)50-25-17-28(36(45)46)44(19-25)34-32-31(26-6-3-4-7-29(26)51-32)39-33(40-34)30-8-5-14-48-30/h3-4,6-7,11-12,16,18,22,25,28,30H,5,8,13-15,17,19-21H2,1-2H3,(H,45,46)/t22-,25-,28-,30+/m0/s1. The summed E-state index contributed by atoms with van der Waals surface area (Å²) in [6.07, 6.45) is 4.63. The number of aliphatic carboxylic acids is 1. The van der Waals surface area contributed by atoms with Crippen molar-refractivity contribution >= 4 is 39.5 Å². The molecule has 0 bridgehead atoms. The van der Waals surface area contributed by atoms with E-state index in [1.54, 1.807) is 15.8 Å². The Labute approximate surface area is 293 Å². The first kappa shape index (κ1) is 31.7. The molecular weight excluding hydrogens is 654 g/mol. The summed E-state index contributed by atoms with van der Waals surface area (Å²) in [7, 11) is 1.85.